The average molecular weight is 117 g/mol. The summed E-state index contributed by atoms with van der Waals surface area (Å²) in [5.74, 6) is 0. The Morgan fingerprint density at radius 3 is 2.62 bits per heavy atom. The van der Waals surface area contributed by atoms with E-state index in [1.807, 2.05) is 0 Å². The fraction of sp³-hybridized carbons (Fsp3) is 0.800. The first-order valence-electron chi connectivity index (χ1n) is 2.53. The van der Waals surface area contributed by atoms with Gasteiger partial charge in [0.15, 0.2) is 6.29 Å². The molecular formula is C5H9O3. The van der Waals surface area contributed by atoms with Crippen LogP contribution in [0.3, 0.4) is 0 Å². The van der Waals surface area contributed by atoms with Crippen LogP contribution in [0, 0.1) is 7.11 Å². The van der Waals surface area contributed by atoms with E-state index in [9.17, 15) is 0 Å². The fourth-order valence-corrected chi connectivity index (χ4v) is 0.600. The zero-order chi connectivity index (χ0) is 5.82. The number of rotatable bonds is 2. The molecule has 1 radical (unpaired) electrons. The first-order chi connectivity index (χ1) is 3.93. The molecule has 1 rings (SSSR count). The van der Waals surface area contributed by atoms with Crippen LogP contribution in [0.5, 0.6) is 0 Å². The molecule has 0 spiro atoms. The van der Waals surface area contributed by atoms with Crippen LogP contribution in [0.15, 0.2) is 0 Å². The second-order valence-corrected chi connectivity index (χ2v) is 1.54. The van der Waals surface area contributed by atoms with Crippen LogP contribution in [0.25, 0.3) is 0 Å². The summed E-state index contributed by atoms with van der Waals surface area (Å²) >= 11 is 0. The summed E-state index contributed by atoms with van der Waals surface area (Å²) in [5.41, 5.74) is 0. The first-order valence-corrected chi connectivity index (χ1v) is 2.53. The van der Waals surface area contributed by atoms with E-state index in [1.54, 1.807) is 0 Å². The molecule has 1 heterocycles. The summed E-state index contributed by atoms with van der Waals surface area (Å²) in [6.45, 7) is 1.78. The summed E-state index contributed by atoms with van der Waals surface area (Å²) in [7, 11) is 3.19. The maximum absolute atomic E-state index is 5.01. The van der Waals surface area contributed by atoms with Crippen molar-refractivity contribution in [1.82, 2.24) is 0 Å². The Balaban J connectivity index is 2.06. The van der Waals surface area contributed by atoms with Crippen molar-refractivity contribution in [1.29, 1.82) is 0 Å². The van der Waals surface area contributed by atoms with E-state index in [0.717, 1.165) is 0 Å². The van der Waals surface area contributed by atoms with E-state index in [4.69, 9.17) is 9.47 Å². The van der Waals surface area contributed by atoms with Gasteiger partial charge in [0.2, 0.25) is 0 Å². The molecule has 1 aliphatic rings. The van der Waals surface area contributed by atoms with Gasteiger partial charge in [-0.2, -0.15) is 0 Å². The van der Waals surface area contributed by atoms with Crippen LogP contribution in [0.4, 0.5) is 0 Å². The van der Waals surface area contributed by atoms with Crippen LogP contribution in [-0.2, 0) is 14.2 Å². The number of ether oxygens (including phenoxy) is 3. The largest absolute Gasteiger partial charge is 0.374 e. The van der Waals surface area contributed by atoms with Crippen molar-refractivity contribution < 1.29 is 14.2 Å². The third-order valence-corrected chi connectivity index (χ3v) is 0.945. The second kappa shape index (κ2) is 3.02. The Morgan fingerprint density at radius 1 is 1.50 bits per heavy atom. The summed E-state index contributed by atoms with van der Waals surface area (Å²) in [4.78, 5) is 0. The van der Waals surface area contributed by atoms with Gasteiger partial charge in [0.05, 0.1) is 26.9 Å². The lowest BCUT2D eigenvalue weighted by Crippen LogP contribution is -2.13. The monoisotopic (exact) mass is 117 g/mol. The Hall–Kier alpha value is -0.120. The minimum atomic E-state index is -0.174. The van der Waals surface area contributed by atoms with Crippen LogP contribution < -0.4 is 0 Å². The van der Waals surface area contributed by atoms with Gasteiger partial charge < -0.3 is 14.2 Å². The van der Waals surface area contributed by atoms with Gasteiger partial charge in [0.25, 0.3) is 0 Å². The molecule has 0 bridgehead atoms. The third kappa shape index (κ3) is 1.43. The first kappa shape index (κ1) is 6.01. The molecule has 0 saturated carbocycles. The van der Waals surface area contributed by atoms with Crippen molar-refractivity contribution in [3.63, 3.8) is 0 Å². The van der Waals surface area contributed by atoms with Crippen molar-refractivity contribution >= 4 is 0 Å². The molecular weight excluding hydrogens is 108 g/mol. The van der Waals surface area contributed by atoms with Gasteiger partial charge in [-0.25, -0.2) is 0 Å². The summed E-state index contributed by atoms with van der Waals surface area (Å²) in [6.07, 6.45) is -0.174. The smallest absolute Gasteiger partial charge is 0.181 e. The minimum Gasteiger partial charge on any atom is -0.374 e. The predicted octanol–water partition coefficient (Wildman–Crippen LogP) is 0.167. The molecule has 0 atom stereocenters. The van der Waals surface area contributed by atoms with Gasteiger partial charge in [-0.05, 0) is 0 Å². The normalized spacial score (nSPS) is 22.1. The molecule has 0 aromatic heterocycles. The van der Waals surface area contributed by atoms with Gasteiger partial charge in [-0.1, -0.05) is 0 Å². The van der Waals surface area contributed by atoms with Crippen LogP contribution in [0.1, 0.15) is 0 Å². The van der Waals surface area contributed by atoms with Gasteiger partial charge in [0.1, 0.15) is 0 Å². The molecule has 0 N–H and O–H groups in total. The van der Waals surface area contributed by atoms with Crippen molar-refractivity contribution in [2.45, 2.75) is 6.29 Å². The Kier molecular flexibility index (Phi) is 2.27. The molecule has 1 fully saturated rings. The molecule has 0 aliphatic carbocycles. The summed E-state index contributed by atoms with van der Waals surface area (Å²) in [6, 6.07) is 0. The maximum Gasteiger partial charge on any atom is 0.181 e. The van der Waals surface area contributed by atoms with Crippen molar-refractivity contribution in [3.8, 4) is 0 Å². The van der Waals surface area contributed by atoms with E-state index in [-0.39, 0.29) is 6.29 Å². The van der Waals surface area contributed by atoms with Crippen molar-refractivity contribution in [3.05, 3.63) is 7.11 Å². The summed E-state index contributed by atoms with van der Waals surface area (Å²) in [5, 5.41) is 0. The molecule has 0 unspecified atom stereocenters. The highest BCUT2D eigenvalue weighted by molar-refractivity contribution is 4.48. The van der Waals surface area contributed by atoms with Gasteiger partial charge in [-0.15, -0.1) is 0 Å². The van der Waals surface area contributed by atoms with E-state index < -0.39 is 0 Å². The molecule has 8 heavy (non-hydrogen) atoms. The van der Waals surface area contributed by atoms with Crippen LogP contribution >= 0.6 is 0 Å². The molecule has 1 saturated heterocycles. The highest BCUT2D eigenvalue weighted by atomic mass is 16.7. The molecule has 0 aromatic rings. The Labute approximate surface area is 48.5 Å². The highest BCUT2D eigenvalue weighted by Gasteiger charge is 2.14. The minimum absolute atomic E-state index is 0.174. The molecule has 1 aliphatic heterocycles. The number of hydrogen-bond donors (Lipinski definition) is 0. The Morgan fingerprint density at radius 2 is 2.12 bits per heavy atom. The van der Waals surface area contributed by atoms with E-state index >= 15 is 0 Å². The van der Waals surface area contributed by atoms with Crippen molar-refractivity contribution in [2.75, 3.05) is 19.8 Å². The number of hydrogen-bond acceptors (Lipinski definition) is 3. The topological polar surface area (TPSA) is 27.7 Å². The standard InChI is InChI=1S/C5H9O3/c1-6-4-5-7-2-3-8-5/h5H,1-4H2. The molecule has 3 nitrogen and oxygen atoms in total. The third-order valence-electron chi connectivity index (χ3n) is 0.945. The fourth-order valence-electron chi connectivity index (χ4n) is 0.600. The van der Waals surface area contributed by atoms with E-state index in [0.29, 0.717) is 19.8 Å². The lowest BCUT2D eigenvalue weighted by Gasteiger charge is -2.04. The zero-order valence-corrected chi connectivity index (χ0v) is 4.63. The lowest BCUT2D eigenvalue weighted by molar-refractivity contribution is -0.0787. The Bertz CT molecular complexity index is 58.7. The SMILES string of the molecule is [CH2]OCC1OCCO1. The lowest BCUT2D eigenvalue weighted by atomic mass is 10.7. The predicted molar refractivity (Wildman–Crippen MR) is 27.0 cm³/mol. The second-order valence-electron chi connectivity index (χ2n) is 1.54. The average Bonchev–Trinajstić information content (AvgIpc) is 2.19. The zero-order valence-electron chi connectivity index (χ0n) is 4.63. The quantitative estimate of drug-likeness (QED) is 0.516. The van der Waals surface area contributed by atoms with Crippen molar-refractivity contribution in [2.24, 2.45) is 0 Å². The highest BCUT2D eigenvalue weighted by Crippen LogP contribution is 2.02. The molecule has 47 valence electrons. The summed E-state index contributed by atoms with van der Waals surface area (Å²) < 4.78 is 14.5. The molecule has 3 heteroatoms. The molecule has 0 amide bonds. The van der Waals surface area contributed by atoms with Gasteiger partial charge >= 0.3 is 0 Å². The molecule has 0 aromatic carbocycles. The van der Waals surface area contributed by atoms with Crippen LogP contribution in [-0.4, -0.2) is 26.1 Å². The van der Waals surface area contributed by atoms with Gasteiger partial charge in [0, 0.05) is 0 Å². The van der Waals surface area contributed by atoms with E-state index in [1.165, 1.54) is 0 Å². The van der Waals surface area contributed by atoms with Crippen LogP contribution in [0.2, 0.25) is 0 Å². The maximum atomic E-state index is 5.01. The van der Waals surface area contributed by atoms with Gasteiger partial charge in [-0.3, -0.25) is 0 Å². The van der Waals surface area contributed by atoms with E-state index in [2.05, 4.69) is 11.8 Å².